The zero-order chi connectivity index (χ0) is 54.7. The molecule has 7 rings (SSSR count). The highest BCUT2D eigenvalue weighted by Crippen LogP contribution is 2.43. The number of fused-ring (bicyclic) bond motifs is 2. The number of rotatable bonds is 22. The maximum atomic E-state index is 15.5. The Morgan fingerprint density at radius 1 is 0.724 bits per heavy atom. The van der Waals surface area contributed by atoms with E-state index >= 15 is 14.4 Å². The number of nitrogens with zero attached hydrogens (tertiary/aromatic N) is 8. The molecule has 24 heteroatoms. The molecule has 0 radical (unpaired) electrons. The number of carbonyl (C=O) groups is 6. The van der Waals surface area contributed by atoms with Gasteiger partial charge in [0.2, 0.25) is 23.6 Å². The highest BCUT2D eigenvalue weighted by molar-refractivity contribution is 6.00. The van der Waals surface area contributed by atoms with Crippen molar-refractivity contribution >= 4 is 58.9 Å². The molecule has 1 saturated carbocycles. The van der Waals surface area contributed by atoms with Crippen molar-refractivity contribution in [3.8, 4) is 0 Å². The number of aliphatic hydroxyl groups excluding tert-OH is 1. The van der Waals surface area contributed by atoms with E-state index in [1.165, 1.54) is 9.80 Å². The Morgan fingerprint density at radius 3 is 1.92 bits per heavy atom. The van der Waals surface area contributed by atoms with E-state index in [0.29, 0.717) is 50.8 Å². The monoisotopic (exact) mass is 1050 g/mol. The van der Waals surface area contributed by atoms with Crippen LogP contribution in [0.15, 0.2) is 69.6 Å². The van der Waals surface area contributed by atoms with Gasteiger partial charge in [-0.3, -0.25) is 43.7 Å². The Labute approximate surface area is 444 Å². The molecule has 8 atom stereocenters. The number of hydrogen-bond donors (Lipinski definition) is 10. The molecule has 2 aromatic carbocycles. The van der Waals surface area contributed by atoms with Crippen molar-refractivity contribution in [3.05, 3.63) is 65.7 Å². The fraction of sp³-hybridized carbons (Fsp3) is 0.596. The molecule has 4 unspecified atom stereocenters. The summed E-state index contributed by atoms with van der Waals surface area (Å²) in [4.78, 5) is 109. The van der Waals surface area contributed by atoms with Crippen molar-refractivity contribution in [2.24, 2.45) is 66.8 Å². The summed E-state index contributed by atoms with van der Waals surface area (Å²) < 4.78 is 0. The van der Waals surface area contributed by atoms with Crippen LogP contribution in [-0.4, -0.2) is 172 Å². The number of nitrogens with one attached hydrogen (secondary N) is 1. The number of aliphatic imine (C=N–C) groups is 3. The first-order chi connectivity index (χ1) is 36.4. The van der Waals surface area contributed by atoms with Crippen LogP contribution in [0, 0.1) is 5.92 Å². The zero-order valence-corrected chi connectivity index (χ0v) is 43.5. The molecule has 3 saturated heterocycles. The largest absolute Gasteiger partial charge is 0.394 e. The van der Waals surface area contributed by atoms with E-state index in [-0.39, 0.29) is 119 Å². The number of guanidine groups is 3. The van der Waals surface area contributed by atoms with Crippen LogP contribution < -0.4 is 56.1 Å². The van der Waals surface area contributed by atoms with Gasteiger partial charge in [0.15, 0.2) is 23.7 Å². The number of aliphatic hydroxyl groups is 1. The van der Waals surface area contributed by atoms with Crippen molar-refractivity contribution in [1.29, 1.82) is 0 Å². The number of piperidine rings is 1. The van der Waals surface area contributed by atoms with Gasteiger partial charge in [-0.15, -0.1) is 0 Å². The average Bonchev–Trinajstić information content (AvgIpc) is 3.96. The number of nitrogens with two attached hydrogens (primary N) is 8. The van der Waals surface area contributed by atoms with Gasteiger partial charge in [-0.25, -0.2) is 0 Å². The SMILES string of the molecule is NC(N)=NCCC[C@@H](N)C(=O)N[C@@H](CCCN=C(N)N)C(=O)N1CCC2(CC1)C(=O)N([C@@H](CO)C(=O)N1Cc3ccccc3CC1C(=O)N1C(C(=O)[C@@H](N)CCCN=C(N)N)CC3CCCCC31)CN2c1ccccc1. The highest BCUT2D eigenvalue weighted by atomic mass is 16.3. The van der Waals surface area contributed by atoms with Crippen LogP contribution in [0.4, 0.5) is 5.69 Å². The fourth-order valence-electron chi connectivity index (χ4n) is 12.0. The van der Waals surface area contributed by atoms with Crippen molar-refractivity contribution in [1.82, 2.24) is 24.9 Å². The Hall–Kier alpha value is -7.05. The van der Waals surface area contributed by atoms with Crippen LogP contribution in [0.1, 0.15) is 94.6 Å². The lowest BCUT2D eigenvalue weighted by atomic mass is 9.84. The summed E-state index contributed by atoms with van der Waals surface area (Å²) in [5.74, 6) is -2.65. The molecular formula is C52H79N17O7. The third kappa shape index (κ3) is 13.0. The molecule has 0 aromatic heterocycles. The Kier molecular flexibility index (Phi) is 19.1. The van der Waals surface area contributed by atoms with Crippen LogP contribution in [0.2, 0.25) is 0 Å². The predicted octanol–water partition coefficient (Wildman–Crippen LogP) is -2.00. The van der Waals surface area contributed by atoms with Crippen LogP contribution in [0.5, 0.6) is 0 Å². The first-order valence-corrected chi connectivity index (χ1v) is 26.7. The maximum absolute atomic E-state index is 15.5. The minimum atomic E-state index is -1.40. The van der Waals surface area contributed by atoms with E-state index < -0.39 is 66.1 Å². The Morgan fingerprint density at radius 2 is 1.30 bits per heavy atom. The molecule has 5 amide bonds. The van der Waals surface area contributed by atoms with E-state index in [1.54, 1.807) is 9.80 Å². The molecule has 4 aliphatic heterocycles. The first-order valence-electron chi connectivity index (χ1n) is 26.7. The number of hydrogen-bond acceptors (Lipinski definition) is 13. The second-order valence-electron chi connectivity index (χ2n) is 20.8. The number of amides is 5. The molecule has 76 heavy (non-hydrogen) atoms. The molecule has 4 fully saturated rings. The Bertz CT molecular complexity index is 2470. The number of Topliss-reactive ketones (excluding diaryl/α,β-unsaturated/α-hetero) is 1. The van der Waals surface area contributed by atoms with Crippen LogP contribution in [-0.2, 0) is 41.7 Å². The summed E-state index contributed by atoms with van der Waals surface area (Å²) in [5, 5.41) is 14.2. The summed E-state index contributed by atoms with van der Waals surface area (Å²) in [7, 11) is 0. The van der Waals surface area contributed by atoms with Gasteiger partial charge in [0.1, 0.15) is 23.7 Å². The number of carbonyl (C=O) groups excluding carboxylic acids is 6. The normalized spacial score (nSPS) is 22.4. The lowest BCUT2D eigenvalue weighted by Gasteiger charge is -2.44. The number of anilines is 1. The van der Waals surface area contributed by atoms with Gasteiger partial charge in [-0.1, -0.05) is 55.3 Å². The smallest absolute Gasteiger partial charge is 0.250 e. The van der Waals surface area contributed by atoms with Gasteiger partial charge in [0.05, 0.1) is 31.4 Å². The van der Waals surface area contributed by atoms with Crippen LogP contribution in [0.3, 0.4) is 0 Å². The molecule has 4 heterocycles. The maximum Gasteiger partial charge on any atom is 0.250 e. The number of para-hydroxylation sites is 1. The quantitative estimate of drug-likeness (QED) is 0.0346. The van der Waals surface area contributed by atoms with E-state index in [4.69, 9.17) is 45.9 Å². The summed E-state index contributed by atoms with van der Waals surface area (Å²) in [5.41, 5.74) is 47.0. The minimum Gasteiger partial charge on any atom is -0.394 e. The number of benzene rings is 2. The van der Waals surface area contributed by atoms with E-state index in [9.17, 15) is 19.5 Å². The standard InChI is InChI=1S/C52H79N17O7/c53-36(16-8-22-61-49(55)56)43(71)40-28-33-12-6-7-19-39(33)69(40)47(75)41-27-32-11-4-5-13-34(32)29-66(41)46(74)42(30-70)67-31-68(35-14-2-1-3-15-35)52(48(67)76)20-25-65(26-21-52)45(73)38(18-10-24-63-51(59)60)64-44(72)37(54)17-9-23-62-50(57)58/h1-5,11,13-15,33,36-42,70H,6-10,12,16-31,53-54H2,(H,64,72)(H4,55,56,61)(H4,57,58,62)(H4,59,60,63)/t33?,36-,37+,38-,39?,40?,41?,42-/m0/s1. The first kappa shape index (κ1) is 56.7. The van der Waals surface area contributed by atoms with Gasteiger partial charge in [-0.05, 0) is 99.8 Å². The molecule has 2 aromatic rings. The van der Waals surface area contributed by atoms with Gasteiger partial charge < -0.3 is 80.8 Å². The van der Waals surface area contributed by atoms with Crippen molar-refractivity contribution in [2.75, 3.05) is 50.9 Å². The second kappa shape index (κ2) is 25.7. The molecule has 5 aliphatic rings. The molecule has 0 bridgehead atoms. The highest BCUT2D eigenvalue weighted by Gasteiger charge is 2.58. The zero-order valence-electron chi connectivity index (χ0n) is 43.5. The Balaban J connectivity index is 1.13. The van der Waals surface area contributed by atoms with E-state index in [2.05, 4.69) is 20.3 Å². The predicted molar refractivity (Wildman–Crippen MR) is 288 cm³/mol. The van der Waals surface area contributed by atoms with Gasteiger partial charge in [-0.2, -0.15) is 0 Å². The summed E-state index contributed by atoms with van der Waals surface area (Å²) in [6.45, 7) is 0.244. The van der Waals surface area contributed by atoms with Gasteiger partial charge >= 0.3 is 0 Å². The van der Waals surface area contributed by atoms with E-state index in [1.807, 2.05) is 59.5 Å². The van der Waals surface area contributed by atoms with Gasteiger partial charge in [0.25, 0.3) is 5.91 Å². The third-order valence-electron chi connectivity index (χ3n) is 16.0. The van der Waals surface area contributed by atoms with Crippen molar-refractivity contribution in [3.63, 3.8) is 0 Å². The second-order valence-corrected chi connectivity index (χ2v) is 20.8. The molecule has 1 aliphatic carbocycles. The summed E-state index contributed by atoms with van der Waals surface area (Å²) in [6, 6.07) is 10.6. The average molecular weight is 1050 g/mol. The van der Waals surface area contributed by atoms with Crippen molar-refractivity contribution < 1.29 is 33.9 Å². The molecule has 414 valence electrons. The number of ketones is 1. The van der Waals surface area contributed by atoms with E-state index in [0.717, 1.165) is 30.4 Å². The molecule has 1 spiro atoms. The number of likely N-dealkylation sites (tertiary alicyclic amines) is 2. The fourth-order valence-corrected chi connectivity index (χ4v) is 12.0. The topological polar surface area (TPSA) is 396 Å². The van der Waals surface area contributed by atoms with Crippen LogP contribution >= 0.6 is 0 Å². The third-order valence-corrected chi connectivity index (χ3v) is 16.0. The molecule has 18 N–H and O–H groups in total. The lowest BCUT2D eigenvalue weighted by molar-refractivity contribution is -0.156. The summed E-state index contributed by atoms with van der Waals surface area (Å²) in [6.07, 6.45) is 6.43. The van der Waals surface area contributed by atoms with Crippen molar-refractivity contribution in [2.45, 2.75) is 144 Å². The minimum absolute atomic E-state index is 0.0337. The molecular weight excluding hydrogens is 975 g/mol. The van der Waals surface area contributed by atoms with Gasteiger partial charge in [0, 0.05) is 57.4 Å². The summed E-state index contributed by atoms with van der Waals surface area (Å²) >= 11 is 0. The molecule has 24 nitrogen and oxygen atoms in total. The van der Waals surface area contributed by atoms with Crippen LogP contribution in [0.25, 0.3) is 0 Å². The lowest BCUT2D eigenvalue weighted by Crippen LogP contribution is -2.62.